The van der Waals surface area contributed by atoms with Gasteiger partial charge in [0.2, 0.25) is 0 Å². The molecule has 96 valence electrons. The third-order valence-electron chi connectivity index (χ3n) is 2.98. The Morgan fingerprint density at radius 3 is 2.29 bits per heavy atom. The van der Waals surface area contributed by atoms with Gasteiger partial charge in [-0.3, -0.25) is 0 Å². The summed E-state index contributed by atoms with van der Waals surface area (Å²) < 4.78 is 6.40. The van der Waals surface area contributed by atoms with Crippen LogP contribution in [0.5, 0.6) is 0 Å². The first kappa shape index (κ1) is 14.4. The van der Waals surface area contributed by atoms with E-state index in [0.717, 1.165) is 19.0 Å². The third-order valence-corrected chi connectivity index (χ3v) is 5.60. The molecule has 0 aliphatic rings. The summed E-state index contributed by atoms with van der Waals surface area (Å²) in [5.41, 5.74) is 6.62. The zero-order valence-corrected chi connectivity index (χ0v) is 12.5. The Labute approximate surface area is 106 Å². The Balaban J connectivity index is 2.72. The highest BCUT2D eigenvalue weighted by atomic mass is 28.4. The Hall–Kier alpha value is -0.643. The number of rotatable bonds is 6. The van der Waals surface area contributed by atoms with Crippen molar-refractivity contribution in [3.63, 3.8) is 0 Å². The summed E-state index contributed by atoms with van der Waals surface area (Å²) in [6, 6.07) is 11.6. The molecule has 1 aromatic rings. The van der Waals surface area contributed by atoms with Gasteiger partial charge in [0.25, 0.3) is 0 Å². The molecule has 0 saturated heterocycles. The van der Waals surface area contributed by atoms with E-state index in [0.29, 0.717) is 0 Å². The zero-order valence-electron chi connectivity index (χ0n) is 11.5. The normalized spacial score (nSPS) is 12.8. The molecule has 0 spiro atoms. The Kier molecular flexibility index (Phi) is 4.92. The van der Waals surface area contributed by atoms with Gasteiger partial charge in [-0.2, -0.15) is 0 Å². The molecule has 0 aliphatic carbocycles. The van der Waals surface area contributed by atoms with Gasteiger partial charge in [0.1, 0.15) is 0 Å². The molecular formula is C14H25NOSi. The maximum absolute atomic E-state index is 6.40. The van der Waals surface area contributed by atoms with E-state index >= 15 is 0 Å². The topological polar surface area (TPSA) is 35.2 Å². The first-order valence-electron chi connectivity index (χ1n) is 6.33. The molecule has 0 amide bonds. The van der Waals surface area contributed by atoms with Crippen molar-refractivity contribution in [2.45, 2.75) is 45.0 Å². The van der Waals surface area contributed by atoms with Gasteiger partial charge in [-0.1, -0.05) is 30.3 Å². The van der Waals surface area contributed by atoms with Gasteiger partial charge in [0, 0.05) is 0 Å². The zero-order chi connectivity index (χ0) is 12.9. The van der Waals surface area contributed by atoms with Gasteiger partial charge >= 0.3 is 0 Å². The highest BCUT2D eigenvalue weighted by Gasteiger charge is 2.31. The van der Waals surface area contributed by atoms with Crippen molar-refractivity contribution in [2.24, 2.45) is 5.73 Å². The van der Waals surface area contributed by atoms with E-state index < -0.39 is 8.32 Å². The SMILES string of the molecule is CC(C)(O[Si](C)(C)CCCN)c1ccccc1. The molecule has 2 nitrogen and oxygen atoms in total. The lowest BCUT2D eigenvalue weighted by molar-refractivity contribution is 0.0975. The molecule has 0 aromatic heterocycles. The molecule has 0 radical (unpaired) electrons. The maximum Gasteiger partial charge on any atom is 0.188 e. The number of benzene rings is 1. The first-order valence-corrected chi connectivity index (χ1v) is 9.45. The monoisotopic (exact) mass is 251 g/mol. The van der Waals surface area contributed by atoms with E-state index in [-0.39, 0.29) is 5.60 Å². The molecule has 1 aromatic carbocycles. The largest absolute Gasteiger partial charge is 0.408 e. The third kappa shape index (κ3) is 4.62. The standard InChI is InChI=1S/C14H25NOSi/c1-14(2,13-9-6-5-7-10-13)16-17(3,4)12-8-11-15/h5-7,9-10H,8,11-12,15H2,1-4H3. The molecule has 0 unspecified atom stereocenters. The second-order valence-corrected chi connectivity index (χ2v) is 9.85. The fourth-order valence-electron chi connectivity index (χ4n) is 2.17. The van der Waals surface area contributed by atoms with Crippen molar-refractivity contribution < 1.29 is 4.43 Å². The van der Waals surface area contributed by atoms with Crippen molar-refractivity contribution in [1.29, 1.82) is 0 Å². The van der Waals surface area contributed by atoms with Crippen LogP contribution in [0.3, 0.4) is 0 Å². The highest BCUT2D eigenvalue weighted by molar-refractivity contribution is 6.71. The fraction of sp³-hybridized carbons (Fsp3) is 0.571. The molecular weight excluding hydrogens is 226 g/mol. The fourth-order valence-corrected chi connectivity index (χ4v) is 4.82. The van der Waals surface area contributed by atoms with E-state index in [1.165, 1.54) is 5.56 Å². The van der Waals surface area contributed by atoms with E-state index in [4.69, 9.17) is 10.2 Å². The first-order chi connectivity index (χ1) is 7.87. The quantitative estimate of drug-likeness (QED) is 0.786. The van der Waals surface area contributed by atoms with Crippen molar-refractivity contribution in [3.8, 4) is 0 Å². The summed E-state index contributed by atoms with van der Waals surface area (Å²) in [5, 5.41) is 0. The summed E-state index contributed by atoms with van der Waals surface area (Å²) in [6.45, 7) is 9.60. The summed E-state index contributed by atoms with van der Waals surface area (Å²) in [5.74, 6) is 0. The van der Waals surface area contributed by atoms with Gasteiger partial charge in [0.05, 0.1) is 5.60 Å². The van der Waals surface area contributed by atoms with E-state index in [1.54, 1.807) is 0 Å². The summed E-state index contributed by atoms with van der Waals surface area (Å²) in [7, 11) is -1.62. The molecule has 0 saturated carbocycles. The Bertz CT molecular complexity index is 335. The van der Waals surface area contributed by atoms with Gasteiger partial charge in [-0.05, 0) is 51.5 Å². The molecule has 0 atom stereocenters. The van der Waals surface area contributed by atoms with Crippen LogP contribution in [0, 0.1) is 0 Å². The number of nitrogens with two attached hydrogens (primary N) is 1. The Morgan fingerprint density at radius 1 is 1.18 bits per heavy atom. The second kappa shape index (κ2) is 5.80. The van der Waals surface area contributed by atoms with Crippen LogP contribution in [-0.4, -0.2) is 14.9 Å². The van der Waals surface area contributed by atoms with Gasteiger partial charge in [-0.25, -0.2) is 0 Å². The summed E-state index contributed by atoms with van der Waals surface area (Å²) in [6.07, 6.45) is 1.06. The molecule has 3 heteroatoms. The lowest BCUT2D eigenvalue weighted by Crippen LogP contribution is -2.39. The van der Waals surface area contributed by atoms with Crippen LogP contribution in [0.1, 0.15) is 25.8 Å². The summed E-state index contributed by atoms with van der Waals surface area (Å²) in [4.78, 5) is 0. The molecule has 0 heterocycles. The number of hydrogen-bond acceptors (Lipinski definition) is 2. The molecule has 0 fully saturated rings. The average molecular weight is 251 g/mol. The predicted molar refractivity (Wildman–Crippen MR) is 76.5 cm³/mol. The van der Waals surface area contributed by atoms with E-state index in [9.17, 15) is 0 Å². The van der Waals surface area contributed by atoms with Crippen LogP contribution < -0.4 is 5.73 Å². The molecule has 2 N–H and O–H groups in total. The van der Waals surface area contributed by atoms with Crippen molar-refractivity contribution in [1.82, 2.24) is 0 Å². The molecule has 0 aliphatic heterocycles. The van der Waals surface area contributed by atoms with Crippen molar-refractivity contribution in [3.05, 3.63) is 35.9 Å². The van der Waals surface area contributed by atoms with Crippen LogP contribution >= 0.6 is 0 Å². The highest BCUT2D eigenvalue weighted by Crippen LogP contribution is 2.30. The second-order valence-electron chi connectivity index (χ2n) is 5.63. The van der Waals surface area contributed by atoms with Gasteiger partial charge in [-0.15, -0.1) is 0 Å². The molecule has 0 bridgehead atoms. The van der Waals surface area contributed by atoms with Crippen LogP contribution in [0.25, 0.3) is 0 Å². The molecule has 1 rings (SSSR count). The van der Waals surface area contributed by atoms with E-state index in [2.05, 4.69) is 51.2 Å². The van der Waals surface area contributed by atoms with Crippen LogP contribution in [0.4, 0.5) is 0 Å². The lowest BCUT2D eigenvalue weighted by atomic mass is 9.99. The predicted octanol–water partition coefficient (Wildman–Crippen LogP) is 3.49. The van der Waals surface area contributed by atoms with Gasteiger partial charge < -0.3 is 10.2 Å². The minimum Gasteiger partial charge on any atom is -0.408 e. The Morgan fingerprint density at radius 2 is 1.76 bits per heavy atom. The minimum absolute atomic E-state index is 0.203. The number of hydrogen-bond donors (Lipinski definition) is 1. The van der Waals surface area contributed by atoms with Crippen LogP contribution in [-0.2, 0) is 10.0 Å². The lowest BCUT2D eigenvalue weighted by Gasteiger charge is -2.35. The van der Waals surface area contributed by atoms with Crippen molar-refractivity contribution in [2.75, 3.05) is 6.54 Å². The molecule has 17 heavy (non-hydrogen) atoms. The van der Waals surface area contributed by atoms with E-state index in [1.807, 2.05) is 6.07 Å². The average Bonchev–Trinajstić information content (AvgIpc) is 2.26. The van der Waals surface area contributed by atoms with Crippen LogP contribution in [0.2, 0.25) is 19.1 Å². The summed E-state index contributed by atoms with van der Waals surface area (Å²) >= 11 is 0. The maximum atomic E-state index is 6.40. The smallest absolute Gasteiger partial charge is 0.188 e. The van der Waals surface area contributed by atoms with Gasteiger partial charge in [0.15, 0.2) is 8.32 Å². The van der Waals surface area contributed by atoms with Crippen molar-refractivity contribution >= 4 is 8.32 Å². The minimum atomic E-state index is -1.62. The van der Waals surface area contributed by atoms with Crippen LogP contribution in [0.15, 0.2) is 30.3 Å².